The van der Waals surface area contributed by atoms with Gasteiger partial charge in [0.15, 0.2) is 4.80 Å². The van der Waals surface area contributed by atoms with Crippen molar-refractivity contribution in [2.45, 2.75) is 56.8 Å². The number of fused-ring (bicyclic) bond motifs is 1. The fraction of sp³-hybridized carbons (Fsp3) is 0.478. The van der Waals surface area contributed by atoms with E-state index in [4.69, 9.17) is 16.3 Å². The van der Waals surface area contributed by atoms with Crippen molar-refractivity contribution in [2.24, 2.45) is 4.99 Å². The van der Waals surface area contributed by atoms with Crippen molar-refractivity contribution in [3.8, 4) is 0 Å². The van der Waals surface area contributed by atoms with Crippen molar-refractivity contribution in [1.82, 2.24) is 8.87 Å². The van der Waals surface area contributed by atoms with E-state index in [-0.39, 0.29) is 4.21 Å². The molecule has 1 fully saturated rings. The number of carbonyl (C=O) groups is 1. The van der Waals surface area contributed by atoms with E-state index in [0.29, 0.717) is 48.3 Å². The lowest BCUT2D eigenvalue weighted by Gasteiger charge is -2.31. The van der Waals surface area contributed by atoms with Crippen molar-refractivity contribution in [3.63, 3.8) is 0 Å². The topological polar surface area (TPSA) is 81.0 Å². The zero-order valence-electron chi connectivity index (χ0n) is 19.4. The quantitative estimate of drug-likeness (QED) is 0.404. The van der Waals surface area contributed by atoms with Crippen molar-refractivity contribution in [2.75, 3.05) is 19.8 Å². The maximum Gasteiger partial charge on any atom is 0.266 e. The van der Waals surface area contributed by atoms with Gasteiger partial charge in [-0.15, -0.1) is 11.3 Å². The Morgan fingerprint density at radius 2 is 1.97 bits per heavy atom. The number of benzene rings is 1. The van der Waals surface area contributed by atoms with Gasteiger partial charge in [-0.1, -0.05) is 29.4 Å². The lowest BCUT2D eigenvalue weighted by molar-refractivity contribution is -0.122. The van der Waals surface area contributed by atoms with E-state index in [2.05, 4.69) is 31.0 Å². The normalized spacial score (nSPS) is 18.1. The van der Waals surface area contributed by atoms with E-state index in [1.807, 2.05) is 11.5 Å². The van der Waals surface area contributed by atoms with Crippen molar-refractivity contribution < 1.29 is 17.9 Å². The summed E-state index contributed by atoms with van der Waals surface area (Å²) in [5.41, 5.74) is 3.33. The average Bonchev–Trinajstić information content (AvgIpc) is 3.38. The molecule has 0 radical (unpaired) electrons. The van der Waals surface area contributed by atoms with Crippen LogP contribution in [0.4, 0.5) is 0 Å². The van der Waals surface area contributed by atoms with Gasteiger partial charge in [0.2, 0.25) is 0 Å². The molecule has 7 nitrogen and oxygen atoms in total. The van der Waals surface area contributed by atoms with Crippen molar-refractivity contribution in [1.29, 1.82) is 0 Å². The third-order valence-corrected chi connectivity index (χ3v) is 10.7. The number of halogens is 1. The molecule has 2 aromatic heterocycles. The summed E-state index contributed by atoms with van der Waals surface area (Å²) in [6.07, 6.45) is 1.93. The van der Waals surface area contributed by atoms with Gasteiger partial charge in [-0.2, -0.15) is 9.30 Å². The van der Waals surface area contributed by atoms with Crippen molar-refractivity contribution >= 4 is 60.4 Å². The molecule has 4 rings (SSSR count). The Morgan fingerprint density at radius 3 is 2.68 bits per heavy atom. The fourth-order valence-corrected chi connectivity index (χ4v) is 8.49. The number of carbonyl (C=O) groups excluding carboxylic acids is 1. The number of aryl methyl sites for hydroxylation is 2. The SMILES string of the molecule is CCOCCn1c(=NC(=O)C2CCCCN2S(=O)(=O)c2ccc(Cl)s2)sc2cc(C)c(C)cc21. The Bertz CT molecular complexity index is 1370. The zero-order chi connectivity index (χ0) is 24.5. The average molecular weight is 542 g/mol. The molecule has 1 saturated heterocycles. The van der Waals surface area contributed by atoms with Gasteiger partial charge < -0.3 is 9.30 Å². The molecule has 34 heavy (non-hydrogen) atoms. The largest absolute Gasteiger partial charge is 0.380 e. The molecule has 184 valence electrons. The first-order valence-corrected chi connectivity index (χ1v) is 14.7. The highest BCUT2D eigenvalue weighted by Gasteiger charge is 2.38. The predicted molar refractivity (Wildman–Crippen MR) is 137 cm³/mol. The molecule has 1 atom stereocenters. The summed E-state index contributed by atoms with van der Waals surface area (Å²) in [5, 5.41) is 0. The van der Waals surface area contributed by atoms with E-state index in [9.17, 15) is 13.2 Å². The molecule has 0 bridgehead atoms. The molecular weight excluding hydrogens is 514 g/mol. The number of ether oxygens (including phenoxy) is 1. The van der Waals surface area contributed by atoms with Crippen LogP contribution < -0.4 is 4.80 Å². The number of rotatable bonds is 7. The second kappa shape index (κ2) is 10.6. The van der Waals surface area contributed by atoms with Crippen LogP contribution in [0.5, 0.6) is 0 Å². The van der Waals surface area contributed by atoms with E-state index in [1.54, 1.807) is 6.07 Å². The van der Waals surface area contributed by atoms with Gasteiger partial charge in [-0.25, -0.2) is 8.42 Å². The second-order valence-corrected chi connectivity index (χ2v) is 13.1. The standard InChI is InChI=1S/C23H28ClN3O4S3/c1-4-31-12-11-26-18-13-15(2)16(3)14-19(18)32-23(26)25-22(28)17-7-5-6-10-27(17)34(29,30)21-9-8-20(24)33-21/h8-9,13-14,17H,4-7,10-12H2,1-3H3. The van der Waals surface area contributed by atoms with E-state index >= 15 is 0 Å². The minimum absolute atomic E-state index is 0.150. The third kappa shape index (κ3) is 5.17. The minimum Gasteiger partial charge on any atom is -0.380 e. The third-order valence-electron chi connectivity index (χ3n) is 6.02. The smallest absolute Gasteiger partial charge is 0.266 e. The number of nitrogens with zero attached hydrogens (tertiary/aromatic N) is 3. The summed E-state index contributed by atoms with van der Waals surface area (Å²) in [7, 11) is -3.83. The number of aromatic nitrogens is 1. The number of hydrogen-bond acceptors (Lipinski definition) is 6. The lowest BCUT2D eigenvalue weighted by Crippen LogP contribution is -2.47. The number of hydrogen-bond donors (Lipinski definition) is 0. The van der Waals surface area contributed by atoms with Crippen LogP contribution in [0.2, 0.25) is 4.34 Å². The number of thiazole rings is 1. The molecule has 1 aromatic carbocycles. The van der Waals surface area contributed by atoms with Gasteiger partial charge in [0.05, 0.1) is 21.2 Å². The molecular formula is C23H28ClN3O4S3. The number of amides is 1. The maximum atomic E-state index is 13.4. The number of piperidine rings is 1. The van der Waals surface area contributed by atoms with Crippen LogP contribution in [0.1, 0.15) is 37.3 Å². The molecule has 0 aliphatic carbocycles. The Hall–Kier alpha value is -1.56. The van der Waals surface area contributed by atoms with Gasteiger partial charge in [0.1, 0.15) is 10.3 Å². The van der Waals surface area contributed by atoms with E-state index in [0.717, 1.165) is 33.5 Å². The first kappa shape index (κ1) is 25.5. The molecule has 1 aliphatic heterocycles. The molecule has 3 aromatic rings. The number of sulfonamides is 1. The highest BCUT2D eigenvalue weighted by molar-refractivity contribution is 7.91. The Kier molecular flexibility index (Phi) is 7.95. The summed E-state index contributed by atoms with van der Waals surface area (Å²) < 4.78 is 37.0. The van der Waals surface area contributed by atoms with Gasteiger partial charge in [0, 0.05) is 19.7 Å². The van der Waals surface area contributed by atoms with Gasteiger partial charge in [0.25, 0.3) is 15.9 Å². The molecule has 1 aliphatic rings. The Labute approximate surface area is 212 Å². The number of thiophene rings is 1. The molecule has 1 amide bonds. The molecule has 0 N–H and O–H groups in total. The molecule has 0 spiro atoms. The molecule has 1 unspecified atom stereocenters. The summed E-state index contributed by atoms with van der Waals surface area (Å²) >= 11 is 8.43. The van der Waals surface area contributed by atoms with Crippen LogP contribution in [-0.2, 0) is 26.1 Å². The molecule has 0 saturated carbocycles. The summed E-state index contributed by atoms with van der Waals surface area (Å²) in [6.45, 7) is 8.01. The van der Waals surface area contributed by atoms with E-state index < -0.39 is 22.0 Å². The summed E-state index contributed by atoms with van der Waals surface area (Å²) in [4.78, 5) is 18.5. The predicted octanol–water partition coefficient (Wildman–Crippen LogP) is 4.74. The van der Waals surface area contributed by atoms with Gasteiger partial charge in [-0.05, 0) is 69.0 Å². The highest BCUT2D eigenvalue weighted by Crippen LogP contribution is 2.32. The maximum absolute atomic E-state index is 13.4. The second-order valence-electron chi connectivity index (χ2n) is 8.27. The first-order chi connectivity index (χ1) is 16.2. The van der Waals surface area contributed by atoms with Crippen LogP contribution in [0.15, 0.2) is 33.5 Å². The van der Waals surface area contributed by atoms with Crippen LogP contribution in [0.25, 0.3) is 10.2 Å². The minimum atomic E-state index is -3.83. The van der Waals surface area contributed by atoms with Crippen molar-refractivity contribution in [3.05, 3.63) is 44.5 Å². The fourth-order valence-electron chi connectivity index (χ4n) is 4.08. The van der Waals surface area contributed by atoms with Gasteiger partial charge >= 0.3 is 0 Å². The van der Waals surface area contributed by atoms with E-state index in [1.165, 1.54) is 27.3 Å². The monoisotopic (exact) mass is 541 g/mol. The molecule has 11 heteroatoms. The summed E-state index contributed by atoms with van der Waals surface area (Å²) in [5.74, 6) is -0.434. The van der Waals surface area contributed by atoms with Crippen LogP contribution in [-0.4, -0.2) is 49.0 Å². The lowest BCUT2D eigenvalue weighted by atomic mass is 10.0. The zero-order valence-corrected chi connectivity index (χ0v) is 22.6. The molecule has 3 heterocycles. The first-order valence-electron chi connectivity index (χ1n) is 11.3. The highest BCUT2D eigenvalue weighted by atomic mass is 35.5. The van der Waals surface area contributed by atoms with Crippen LogP contribution >= 0.6 is 34.3 Å². The Morgan fingerprint density at radius 1 is 1.21 bits per heavy atom. The van der Waals surface area contributed by atoms with Gasteiger partial charge in [-0.3, -0.25) is 4.79 Å². The summed E-state index contributed by atoms with van der Waals surface area (Å²) in [6, 6.07) is 6.44. The van der Waals surface area contributed by atoms with Crippen LogP contribution in [0, 0.1) is 13.8 Å². The Balaban J connectivity index is 1.74. The van der Waals surface area contributed by atoms with Crippen LogP contribution in [0.3, 0.4) is 0 Å².